The van der Waals surface area contributed by atoms with Crippen molar-refractivity contribution in [1.29, 1.82) is 0 Å². The normalized spacial score (nSPS) is 15.3. The Labute approximate surface area is 174 Å². The maximum absolute atomic E-state index is 12.6. The molecule has 2 rings (SSSR count). The number of anilines is 2. The van der Waals surface area contributed by atoms with Crippen molar-refractivity contribution in [3.05, 3.63) is 12.1 Å². The third-order valence-electron chi connectivity index (χ3n) is 4.70. The molecule has 0 spiro atoms. The van der Waals surface area contributed by atoms with E-state index >= 15 is 0 Å². The summed E-state index contributed by atoms with van der Waals surface area (Å²) in [5.41, 5.74) is 1.55. The predicted octanol–water partition coefficient (Wildman–Crippen LogP) is 3.71. The quantitative estimate of drug-likeness (QED) is 0.602. The maximum Gasteiger partial charge on any atom is 0.253 e. The number of hydrogen-bond donors (Lipinski definition) is 1. The van der Waals surface area contributed by atoms with Gasteiger partial charge in [0.1, 0.15) is 17.6 Å². The zero-order valence-electron chi connectivity index (χ0n) is 18.5. The highest BCUT2D eigenvalue weighted by Gasteiger charge is 2.22. The number of carbonyl (C=O) groups is 1. The fourth-order valence-electron chi connectivity index (χ4n) is 3.03. The van der Waals surface area contributed by atoms with Gasteiger partial charge in [0.2, 0.25) is 0 Å². The summed E-state index contributed by atoms with van der Waals surface area (Å²) in [4.78, 5) is 14.9. The van der Waals surface area contributed by atoms with E-state index in [1.807, 2.05) is 26.0 Å². The minimum atomic E-state index is -0.544. The standard InChI is InChI=1S/C22H36N2O5/c1-6-27-20-15-19(24-9-12-26-13-10-24)21(28-7-2)14-18(20)23-22(25)17(5)29-11-8-16(3)4/h14-17H,6-13H2,1-5H3,(H,23,25). The van der Waals surface area contributed by atoms with Crippen LogP contribution in [0, 0.1) is 5.92 Å². The summed E-state index contributed by atoms with van der Waals surface area (Å²) in [5.74, 6) is 1.69. The number of morpholine rings is 1. The molecule has 0 saturated carbocycles. The molecule has 1 saturated heterocycles. The second kappa shape index (κ2) is 11.9. The molecule has 1 heterocycles. The first-order valence-electron chi connectivity index (χ1n) is 10.6. The molecule has 1 amide bonds. The van der Waals surface area contributed by atoms with Crippen LogP contribution in [-0.4, -0.2) is 58.1 Å². The lowest BCUT2D eigenvalue weighted by atomic mass is 10.1. The van der Waals surface area contributed by atoms with Gasteiger partial charge >= 0.3 is 0 Å². The summed E-state index contributed by atoms with van der Waals surface area (Å²) in [6.45, 7) is 14.4. The Kier molecular flexibility index (Phi) is 9.54. The van der Waals surface area contributed by atoms with Crippen LogP contribution in [0.15, 0.2) is 12.1 Å². The molecule has 1 unspecified atom stereocenters. The van der Waals surface area contributed by atoms with Crippen LogP contribution in [0.2, 0.25) is 0 Å². The molecule has 1 aliphatic rings. The van der Waals surface area contributed by atoms with E-state index in [-0.39, 0.29) is 5.91 Å². The summed E-state index contributed by atoms with van der Waals surface area (Å²) in [6, 6.07) is 3.79. The summed E-state index contributed by atoms with van der Waals surface area (Å²) in [6.07, 6.45) is 0.377. The second-order valence-corrected chi connectivity index (χ2v) is 7.47. The van der Waals surface area contributed by atoms with E-state index in [4.69, 9.17) is 18.9 Å². The van der Waals surface area contributed by atoms with Gasteiger partial charge in [-0.2, -0.15) is 0 Å². The molecule has 1 aromatic carbocycles. The topological polar surface area (TPSA) is 69.3 Å². The second-order valence-electron chi connectivity index (χ2n) is 7.47. The van der Waals surface area contributed by atoms with Crippen molar-refractivity contribution in [2.24, 2.45) is 5.92 Å². The van der Waals surface area contributed by atoms with E-state index in [0.29, 0.717) is 50.4 Å². The maximum atomic E-state index is 12.6. The van der Waals surface area contributed by atoms with Gasteiger partial charge in [0.15, 0.2) is 0 Å². The highest BCUT2D eigenvalue weighted by atomic mass is 16.5. The highest BCUT2D eigenvalue weighted by molar-refractivity contribution is 5.96. The lowest BCUT2D eigenvalue weighted by Crippen LogP contribution is -2.36. The van der Waals surface area contributed by atoms with E-state index in [2.05, 4.69) is 24.1 Å². The van der Waals surface area contributed by atoms with Gasteiger partial charge in [-0.3, -0.25) is 4.79 Å². The number of carbonyl (C=O) groups excluding carboxylic acids is 1. The molecule has 0 bridgehead atoms. The number of amides is 1. The van der Waals surface area contributed by atoms with Gasteiger partial charge in [-0.1, -0.05) is 13.8 Å². The van der Waals surface area contributed by atoms with Crippen molar-refractivity contribution in [2.75, 3.05) is 56.3 Å². The average molecular weight is 409 g/mol. The fraction of sp³-hybridized carbons (Fsp3) is 0.682. The Morgan fingerprint density at radius 2 is 1.76 bits per heavy atom. The highest BCUT2D eigenvalue weighted by Crippen LogP contribution is 2.39. The van der Waals surface area contributed by atoms with Crippen LogP contribution in [-0.2, 0) is 14.3 Å². The van der Waals surface area contributed by atoms with Gasteiger partial charge in [0, 0.05) is 31.8 Å². The first kappa shape index (κ1) is 23.3. The molecule has 0 radical (unpaired) electrons. The SMILES string of the molecule is CCOc1cc(N2CCOCC2)c(OCC)cc1NC(=O)C(C)OCCC(C)C. The molecular formula is C22H36N2O5. The monoisotopic (exact) mass is 408 g/mol. The number of nitrogens with one attached hydrogen (secondary N) is 1. The lowest BCUT2D eigenvalue weighted by Gasteiger charge is -2.31. The molecule has 0 aliphatic carbocycles. The molecule has 29 heavy (non-hydrogen) atoms. The van der Waals surface area contributed by atoms with E-state index < -0.39 is 6.10 Å². The lowest BCUT2D eigenvalue weighted by molar-refractivity contribution is -0.126. The first-order valence-corrected chi connectivity index (χ1v) is 10.6. The summed E-state index contributed by atoms with van der Waals surface area (Å²) < 4.78 is 22.8. The Morgan fingerprint density at radius 3 is 2.38 bits per heavy atom. The van der Waals surface area contributed by atoms with E-state index in [1.165, 1.54) is 0 Å². The molecule has 1 atom stereocenters. The van der Waals surface area contributed by atoms with Crippen molar-refractivity contribution in [2.45, 2.75) is 47.1 Å². The molecule has 1 aliphatic heterocycles. The van der Waals surface area contributed by atoms with Crippen molar-refractivity contribution in [3.8, 4) is 11.5 Å². The minimum absolute atomic E-state index is 0.198. The summed E-state index contributed by atoms with van der Waals surface area (Å²) >= 11 is 0. The third kappa shape index (κ3) is 7.08. The molecule has 1 N–H and O–H groups in total. The van der Waals surface area contributed by atoms with Crippen LogP contribution < -0.4 is 19.7 Å². The Morgan fingerprint density at radius 1 is 1.10 bits per heavy atom. The third-order valence-corrected chi connectivity index (χ3v) is 4.70. The molecule has 1 aromatic rings. The molecular weight excluding hydrogens is 372 g/mol. The van der Waals surface area contributed by atoms with E-state index in [1.54, 1.807) is 6.92 Å². The van der Waals surface area contributed by atoms with Crippen LogP contribution in [0.3, 0.4) is 0 Å². The fourth-order valence-corrected chi connectivity index (χ4v) is 3.03. The van der Waals surface area contributed by atoms with Gasteiger partial charge in [-0.05, 0) is 33.1 Å². The van der Waals surface area contributed by atoms with Gasteiger partial charge in [-0.15, -0.1) is 0 Å². The Hall–Kier alpha value is -1.99. The zero-order valence-corrected chi connectivity index (χ0v) is 18.5. The Bertz CT molecular complexity index is 644. The van der Waals surface area contributed by atoms with Gasteiger partial charge in [-0.25, -0.2) is 0 Å². The summed E-state index contributed by atoms with van der Waals surface area (Å²) in [5, 5.41) is 2.95. The van der Waals surface area contributed by atoms with E-state index in [9.17, 15) is 4.79 Å². The first-order chi connectivity index (χ1) is 14.0. The van der Waals surface area contributed by atoms with Crippen molar-refractivity contribution < 1.29 is 23.7 Å². The average Bonchev–Trinajstić information content (AvgIpc) is 2.70. The van der Waals surface area contributed by atoms with Crippen LogP contribution in [0.5, 0.6) is 11.5 Å². The number of ether oxygens (including phenoxy) is 4. The number of nitrogens with zero attached hydrogens (tertiary/aromatic N) is 1. The molecule has 7 nitrogen and oxygen atoms in total. The van der Waals surface area contributed by atoms with Crippen LogP contribution in [0.25, 0.3) is 0 Å². The molecule has 7 heteroatoms. The number of hydrogen-bond acceptors (Lipinski definition) is 6. The van der Waals surface area contributed by atoms with Gasteiger partial charge < -0.3 is 29.2 Å². The van der Waals surface area contributed by atoms with Gasteiger partial charge in [0.05, 0.1) is 37.8 Å². The van der Waals surface area contributed by atoms with Gasteiger partial charge in [0.25, 0.3) is 5.91 Å². The van der Waals surface area contributed by atoms with Crippen LogP contribution >= 0.6 is 0 Å². The minimum Gasteiger partial charge on any atom is -0.492 e. The molecule has 1 fully saturated rings. The zero-order chi connectivity index (χ0) is 21.2. The molecule has 0 aromatic heterocycles. The van der Waals surface area contributed by atoms with Crippen molar-refractivity contribution in [3.63, 3.8) is 0 Å². The van der Waals surface area contributed by atoms with Crippen molar-refractivity contribution in [1.82, 2.24) is 0 Å². The predicted molar refractivity (Wildman–Crippen MR) is 115 cm³/mol. The van der Waals surface area contributed by atoms with Crippen molar-refractivity contribution >= 4 is 17.3 Å². The van der Waals surface area contributed by atoms with E-state index in [0.717, 1.165) is 30.9 Å². The van der Waals surface area contributed by atoms with Crippen LogP contribution in [0.1, 0.15) is 41.0 Å². The number of benzene rings is 1. The Balaban J connectivity index is 2.20. The number of rotatable bonds is 11. The molecule has 164 valence electrons. The largest absolute Gasteiger partial charge is 0.492 e. The van der Waals surface area contributed by atoms with Crippen LogP contribution in [0.4, 0.5) is 11.4 Å². The smallest absolute Gasteiger partial charge is 0.253 e. The summed E-state index contributed by atoms with van der Waals surface area (Å²) in [7, 11) is 0.